The van der Waals surface area contributed by atoms with Crippen molar-refractivity contribution in [3.63, 3.8) is 0 Å². The number of rotatable bonds is 6. The first-order valence-electron chi connectivity index (χ1n) is 7.52. The third-order valence-electron chi connectivity index (χ3n) is 3.88. The molecule has 0 fully saturated rings. The summed E-state index contributed by atoms with van der Waals surface area (Å²) in [7, 11) is 0. The number of nitrogens with one attached hydrogen (secondary N) is 1. The van der Waals surface area contributed by atoms with E-state index in [0.29, 0.717) is 16.1 Å². The molecule has 0 unspecified atom stereocenters. The maximum Gasteiger partial charge on any atom is 0.109 e. The van der Waals surface area contributed by atoms with Crippen LogP contribution in [0.3, 0.4) is 0 Å². The first-order chi connectivity index (χ1) is 10.3. The lowest BCUT2D eigenvalue weighted by molar-refractivity contribution is 0.319. The zero-order valence-corrected chi connectivity index (χ0v) is 15.1. The molecule has 0 radical (unpaired) electrons. The van der Waals surface area contributed by atoms with E-state index < -0.39 is 0 Å². The molecule has 1 aromatic carbocycles. The van der Waals surface area contributed by atoms with E-state index in [1.54, 1.807) is 6.07 Å². The quantitative estimate of drug-likeness (QED) is 0.725. The van der Waals surface area contributed by atoms with Crippen molar-refractivity contribution in [3.8, 4) is 0 Å². The molecule has 120 valence electrons. The minimum Gasteiger partial charge on any atom is -0.466 e. The van der Waals surface area contributed by atoms with Crippen LogP contribution in [-0.2, 0) is 12.0 Å². The van der Waals surface area contributed by atoms with Crippen LogP contribution in [0.2, 0.25) is 10.0 Å². The van der Waals surface area contributed by atoms with Gasteiger partial charge in [-0.3, -0.25) is 0 Å². The van der Waals surface area contributed by atoms with Gasteiger partial charge >= 0.3 is 0 Å². The van der Waals surface area contributed by atoms with Crippen LogP contribution < -0.4 is 5.32 Å². The lowest BCUT2D eigenvalue weighted by Gasteiger charge is -2.27. The first-order valence-corrected chi connectivity index (χ1v) is 8.28. The van der Waals surface area contributed by atoms with E-state index in [0.717, 1.165) is 30.0 Å². The fourth-order valence-electron chi connectivity index (χ4n) is 2.69. The van der Waals surface area contributed by atoms with E-state index in [1.807, 2.05) is 25.1 Å². The van der Waals surface area contributed by atoms with Gasteiger partial charge in [0.25, 0.3) is 0 Å². The molecular formula is C18H23Cl2NO. The molecular weight excluding hydrogens is 317 g/mol. The molecule has 2 rings (SSSR count). The number of aryl methyl sites for hydroxylation is 1. The Morgan fingerprint density at radius 2 is 1.91 bits per heavy atom. The van der Waals surface area contributed by atoms with E-state index in [1.165, 1.54) is 0 Å². The summed E-state index contributed by atoms with van der Waals surface area (Å²) in [6.07, 6.45) is 0.977. The maximum absolute atomic E-state index is 6.21. The summed E-state index contributed by atoms with van der Waals surface area (Å²) < 4.78 is 5.78. The van der Waals surface area contributed by atoms with Gasteiger partial charge in [0.1, 0.15) is 11.5 Å². The van der Waals surface area contributed by atoms with Crippen molar-refractivity contribution in [1.82, 2.24) is 5.32 Å². The largest absolute Gasteiger partial charge is 0.466 e. The Bertz CT molecular complexity index is 634. The van der Waals surface area contributed by atoms with Crippen LogP contribution in [0.4, 0.5) is 0 Å². The number of benzene rings is 1. The number of hydrogen-bond donors (Lipinski definition) is 1. The lowest BCUT2D eigenvalue weighted by atomic mass is 9.83. The average molecular weight is 340 g/mol. The molecule has 1 N–H and O–H groups in total. The molecule has 1 atom stereocenters. The van der Waals surface area contributed by atoms with Crippen LogP contribution in [0.5, 0.6) is 0 Å². The number of furan rings is 1. The molecule has 0 bridgehead atoms. The van der Waals surface area contributed by atoms with Gasteiger partial charge in [-0.2, -0.15) is 0 Å². The van der Waals surface area contributed by atoms with Crippen molar-refractivity contribution in [2.75, 3.05) is 0 Å². The molecule has 22 heavy (non-hydrogen) atoms. The van der Waals surface area contributed by atoms with Gasteiger partial charge in [0, 0.05) is 28.0 Å². The molecule has 4 heteroatoms. The van der Waals surface area contributed by atoms with Gasteiger partial charge in [-0.15, -0.1) is 0 Å². The summed E-state index contributed by atoms with van der Waals surface area (Å²) in [5.41, 5.74) is 1.05. The predicted octanol–water partition coefficient (Wildman–Crippen LogP) is 5.74. The van der Waals surface area contributed by atoms with E-state index >= 15 is 0 Å². The second kappa shape index (κ2) is 7.08. The normalized spacial score (nSPS) is 13.4. The molecule has 1 aromatic heterocycles. The number of halogens is 2. The maximum atomic E-state index is 6.21. The first kappa shape index (κ1) is 17.4. The van der Waals surface area contributed by atoms with Crippen LogP contribution in [0.25, 0.3) is 0 Å². The van der Waals surface area contributed by atoms with Crippen LogP contribution in [0, 0.1) is 6.92 Å². The standard InChI is InChI=1S/C18H23Cl2NO/c1-12(10-18(3,4)17-8-5-13(2)22-17)21-11-14-6-7-15(19)9-16(14)20/h5-9,12,21H,10-11H2,1-4H3/t12-/m1/s1. The Morgan fingerprint density at radius 3 is 2.50 bits per heavy atom. The fourth-order valence-corrected chi connectivity index (χ4v) is 3.16. The second-order valence-corrected chi connectivity index (χ2v) is 7.36. The highest BCUT2D eigenvalue weighted by Gasteiger charge is 2.26. The third kappa shape index (κ3) is 4.52. The topological polar surface area (TPSA) is 25.2 Å². The molecule has 0 aliphatic carbocycles. The fraction of sp³-hybridized carbons (Fsp3) is 0.444. The van der Waals surface area contributed by atoms with Gasteiger partial charge in [0.2, 0.25) is 0 Å². The summed E-state index contributed by atoms with van der Waals surface area (Å²) in [6, 6.07) is 10.0. The van der Waals surface area contributed by atoms with Crippen molar-refractivity contribution in [3.05, 3.63) is 57.5 Å². The Hall–Kier alpha value is -0.960. The predicted molar refractivity (Wildman–Crippen MR) is 93.9 cm³/mol. The van der Waals surface area contributed by atoms with Crippen LogP contribution in [0.15, 0.2) is 34.7 Å². The van der Waals surface area contributed by atoms with Crippen LogP contribution in [0.1, 0.15) is 44.3 Å². The lowest BCUT2D eigenvalue weighted by Crippen LogP contribution is -2.32. The van der Waals surface area contributed by atoms with E-state index in [2.05, 4.69) is 32.2 Å². The Morgan fingerprint density at radius 1 is 1.18 bits per heavy atom. The summed E-state index contributed by atoms with van der Waals surface area (Å²) in [4.78, 5) is 0. The van der Waals surface area contributed by atoms with Gasteiger partial charge in [-0.05, 0) is 50.1 Å². The zero-order chi connectivity index (χ0) is 16.3. The molecule has 1 heterocycles. The molecule has 0 saturated heterocycles. The molecule has 0 amide bonds. The van der Waals surface area contributed by atoms with Crippen LogP contribution in [-0.4, -0.2) is 6.04 Å². The highest BCUT2D eigenvalue weighted by Crippen LogP contribution is 2.30. The Balaban J connectivity index is 1.93. The van der Waals surface area contributed by atoms with Gasteiger partial charge in [0.15, 0.2) is 0 Å². The summed E-state index contributed by atoms with van der Waals surface area (Å²) in [5.74, 6) is 1.99. The smallest absolute Gasteiger partial charge is 0.109 e. The van der Waals surface area contributed by atoms with Crippen molar-refractivity contribution in [2.45, 2.75) is 52.1 Å². The molecule has 0 aliphatic heterocycles. The minimum atomic E-state index is -0.00946. The average Bonchev–Trinajstić information content (AvgIpc) is 2.85. The van der Waals surface area contributed by atoms with Crippen LogP contribution >= 0.6 is 23.2 Å². The van der Waals surface area contributed by atoms with Crippen molar-refractivity contribution in [1.29, 1.82) is 0 Å². The summed E-state index contributed by atoms with van der Waals surface area (Å²) in [5, 5.41) is 4.89. The van der Waals surface area contributed by atoms with Crippen molar-refractivity contribution >= 4 is 23.2 Å². The molecule has 2 nitrogen and oxygen atoms in total. The monoisotopic (exact) mass is 339 g/mol. The minimum absolute atomic E-state index is 0.00946. The third-order valence-corrected chi connectivity index (χ3v) is 4.47. The van der Waals surface area contributed by atoms with Gasteiger partial charge in [-0.1, -0.05) is 43.1 Å². The van der Waals surface area contributed by atoms with E-state index in [9.17, 15) is 0 Å². The number of hydrogen-bond acceptors (Lipinski definition) is 2. The Kier molecular flexibility index (Phi) is 5.60. The summed E-state index contributed by atoms with van der Waals surface area (Å²) in [6.45, 7) is 9.30. The van der Waals surface area contributed by atoms with Crippen molar-refractivity contribution in [2.24, 2.45) is 0 Å². The summed E-state index contributed by atoms with van der Waals surface area (Å²) >= 11 is 12.1. The molecule has 0 spiro atoms. The highest BCUT2D eigenvalue weighted by atomic mass is 35.5. The molecule has 0 saturated carbocycles. The van der Waals surface area contributed by atoms with Crippen molar-refractivity contribution < 1.29 is 4.42 Å². The Labute approximate surface area is 142 Å². The SMILES string of the molecule is Cc1ccc(C(C)(C)C[C@@H](C)NCc2ccc(Cl)cc2Cl)o1. The van der Waals surface area contributed by atoms with Gasteiger partial charge in [-0.25, -0.2) is 0 Å². The van der Waals surface area contributed by atoms with Gasteiger partial charge in [0.05, 0.1) is 0 Å². The van der Waals surface area contributed by atoms with E-state index in [-0.39, 0.29) is 5.41 Å². The van der Waals surface area contributed by atoms with Gasteiger partial charge < -0.3 is 9.73 Å². The highest BCUT2D eigenvalue weighted by molar-refractivity contribution is 6.35. The zero-order valence-electron chi connectivity index (χ0n) is 13.5. The molecule has 0 aliphatic rings. The molecule has 2 aromatic rings. The van der Waals surface area contributed by atoms with E-state index in [4.69, 9.17) is 27.6 Å². The second-order valence-electron chi connectivity index (χ2n) is 6.52.